The zero-order chi connectivity index (χ0) is 14.0. The van der Waals surface area contributed by atoms with Crippen molar-refractivity contribution in [3.63, 3.8) is 0 Å². The molecule has 8 heteroatoms. The van der Waals surface area contributed by atoms with Gasteiger partial charge < -0.3 is 0 Å². The predicted octanol–water partition coefficient (Wildman–Crippen LogP) is -0.0924. The zero-order valence-electron chi connectivity index (χ0n) is 10.1. The highest BCUT2D eigenvalue weighted by Crippen LogP contribution is 2.22. The number of hydrogen-bond donors (Lipinski definition) is 1. The maximum atomic E-state index is 11.8. The quantitative estimate of drug-likeness (QED) is 0.820. The van der Waals surface area contributed by atoms with Crippen LogP contribution in [0.25, 0.3) is 0 Å². The second-order valence-corrected chi connectivity index (χ2v) is 8.02. The lowest BCUT2D eigenvalue weighted by Gasteiger charge is -2.18. The summed E-state index contributed by atoms with van der Waals surface area (Å²) in [6.07, 6.45) is 0. The second kappa shape index (κ2) is 5.35. The van der Waals surface area contributed by atoms with Gasteiger partial charge in [0.1, 0.15) is 5.25 Å². The van der Waals surface area contributed by atoms with Gasteiger partial charge in [0, 0.05) is 14.1 Å². The third kappa shape index (κ3) is 3.77. The van der Waals surface area contributed by atoms with Crippen LogP contribution in [0.5, 0.6) is 0 Å². The van der Waals surface area contributed by atoms with Crippen molar-refractivity contribution in [2.24, 2.45) is 5.14 Å². The number of nitrogens with two attached hydrogens (primary N) is 1. The first-order valence-electron chi connectivity index (χ1n) is 5.11. The molecule has 0 aliphatic carbocycles. The molecule has 1 aromatic rings. The molecule has 18 heavy (non-hydrogen) atoms. The Labute approximate surface area is 108 Å². The van der Waals surface area contributed by atoms with Crippen LogP contribution in [0.1, 0.15) is 10.8 Å². The highest BCUT2D eigenvalue weighted by Gasteiger charge is 2.30. The smallest absolute Gasteiger partial charge is 0.217 e. The third-order valence-electron chi connectivity index (χ3n) is 2.49. The van der Waals surface area contributed by atoms with Crippen molar-refractivity contribution >= 4 is 20.0 Å². The summed E-state index contributed by atoms with van der Waals surface area (Å²) < 4.78 is 47.6. The minimum absolute atomic E-state index is 0.366. The summed E-state index contributed by atoms with van der Waals surface area (Å²) in [7, 11) is -4.95. The molecular formula is C10H16N2O4S2. The normalized spacial score (nSPS) is 14.7. The Bertz CT molecular complexity index is 594. The van der Waals surface area contributed by atoms with Crippen LogP contribution in [-0.2, 0) is 20.0 Å². The van der Waals surface area contributed by atoms with Gasteiger partial charge in [-0.3, -0.25) is 0 Å². The summed E-state index contributed by atoms with van der Waals surface area (Å²) in [4.78, 5) is 0. The van der Waals surface area contributed by atoms with Crippen LogP contribution in [0, 0.1) is 0 Å². The molecule has 0 fully saturated rings. The molecule has 0 amide bonds. The highest BCUT2D eigenvalue weighted by molar-refractivity contribution is 7.93. The summed E-state index contributed by atoms with van der Waals surface area (Å²) >= 11 is 0. The Hall–Kier alpha value is -0.960. The van der Waals surface area contributed by atoms with Gasteiger partial charge in [-0.05, 0) is 5.56 Å². The number of sulfonamides is 2. The fourth-order valence-electron chi connectivity index (χ4n) is 1.39. The Morgan fingerprint density at radius 3 is 2.00 bits per heavy atom. The van der Waals surface area contributed by atoms with E-state index in [0.717, 1.165) is 4.31 Å². The van der Waals surface area contributed by atoms with E-state index in [9.17, 15) is 16.8 Å². The Morgan fingerprint density at radius 2 is 1.61 bits per heavy atom. The zero-order valence-corrected chi connectivity index (χ0v) is 11.8. The molecule has 1 atom stereocenters. The van der Waals surface area contributed by atoms with Crippen LogP contribution in [0.2, 0.25) is 0 Å². The van der Waals surface area contributed by atoms with E-state index in [-0.39, 0.29) is 0 Å². The first-order chi connectivity index (χ1) is 8.14. The Balaban J connectivity index is 3.19. The van der Waals surface area contributed by atoms with Gasteiger partial charge in [-0.2, -0.15) is 0 Å². The maximum Gasteiger partial charge on any atom is 0.217 e. The second-order valence-electron chi connectivity index (χ2n) is 4.05. The van der Waals surface area contributed by atoms with Crippen LogP contribution < -0.4 is 5.14 Å². The Morgan fingerprint density at radius 1 is 1.11 bits per heavy atom. The van der Waals surface area contributed by atoms with Gasteiger partial charge in [0.05, 0.1) is 5.75 Å². The van der Waals surface area contributed by atoms with E-state index in [4.69, 9.17) is 5.14 Å². The van der Waals surface area contributed by atoms with Gasteiger partial charge in [0.15, 0.2) is 0 Å². The van der Waals surface area contributed by atoms with Gasteiger partial charge >= 0.3 is 0 Å². The van der Waals surface area contributed by atoms with Crippen molar-refractivity contribution in [1.29, 1.82) is 0 Å². The lowest BCUT2D eigenvalue weighted by Crippen LogP contribution is -2.33. The fraction of sp³-hybridized carbons (Fsp3) is 0.400. The monoisotopic (exact) mass is 292 g/mol. The molecule has 0 aliphatic heterocycles. The van der Waals surface area contributed by atoms with Gasteiger partial charge in [0.25, 0.3) is 0 Å². The van der Waals surface area contributed by atoms with Crippen LogP contribution >= 0.6 is 0 Å². The minimum Gasteiger partial charge on any atom is -0.228 e. The molecule has 1 aromatic carbocycles. The van der Waals surface area contributed by atoms with Gasteiger partial charge in [-0.1, -0.05) is 30.3 Å². The molecule has 0 aliphatic rings. The number of nitrogens with zero attached hydrogens (tertiary/aromatic N) is 1. The molecule has 0 spiro atoms. The topological polar surface area (TPSA) is 97.5 Å². The standard InChI is InChI=1S/C10H16N2O4S2/c1-12(2)17(13,14)8-10(18(11,15)16)9-6-4-3-5-7-9/h3-7,10H,8H2,1-2H3,(H2,11,15,16). The van der Waals surface area contributed by atoms with Crippen LogP contribution in [0.4, 0.5) is 0 Å². The third-order valence-corrected chi connectivity index (χ3v) is 5.80. The predicted molar refractivity (Wildman–Crippen MR) is 69.8 cm³/mol. The van der Waals surface area contributed by atoms with Crippen LogP contribution in [0.15, 0.2) is 30.3 Å². The highest BCUT2D eigenvalue weighted by atomic mass is 32.2. The van der Waals surface area contributed by atoms with E-state index in [1.165, 1.54) is 14.1 Å². The molecule has 1 unspecified atom stereocenters. The molecule has 0 saturated carbocycles. The van der Waals surface area contributed by atoms with Crippen molar-refractivity contribution < 1.29 is 16.8 Å². The first kappa shape index (κ1) is 15.1. The van der Waals surface area contributed by atoms with Gasteiger partial charge in [-0.15, -0.1) is 0 Å². The van der Waals surface area contributed by atoms with Crippen molar-refractivity contribution in [1.82, 2.24) is 4.31 Å². The Kier molecular flexibility index (Phi) is 4.49. The van der Waals surface area contributed by atoms with Crippen molar-refractivity contribution in [2.75, 3.05) is 19.8 Å². The summed E-state index contributed by atoms with van der Waals surface area (Å²) in [5.74, 6) is -0.567. The first-order valence-corrected chi connectivity index (χ1v) is 8.33. The average molecular weight is 292 g/mol. The maximum absolute atomic E-state index is 11.8. The SMILES string of the molecule is CN(C)S(=O)(=O)CC(c1ccccc1)S(N)(=O)=O. The molecular weight excluding hydrogens is 276 g/mol. The molecule has 6 nitrogen and oxygen atoms in total. The van der Waals surface area contributed by atoms with E-state index in [1.807, 2.05) is 0 Å². The molecule has 102 valence electrons. The van der Waals surface area contributed by atoms with Crippen molar-refractivity contribution in [3.8, 4) is 0 Å². The molecule has 0 radical (unpaired) electrons. The molecule has 1 rings (SSSR count). The molecule has 0 saturated heterocycles. The van der Waals surface area contributed by atoms with E-state index in [0.29, 0.717) is 5.56 Å². The molecule has 0 heterocycles. The van der Waals surface area contributed by atoms with E-state index >= 15 is 0 Å². The van der Waals surface area contributed by atoms with Crippen molar-refractivity contribution in [3.05, 3.63) is 35.9 Å². The summed E-state index contributed by atoms with van der Waals surface area (Å²) in [6.45, 7) is 0. The number of primary sulfonamides is 1. The number of hydrogen-bond acceptors (Lipinski definition) is 4. The fourth-order valence-corrected chi connectivity index (χ4v) is 4.07. The van der Waals surface area contributed by atoms with Crippen molar-refractivity contribution in [2.45, 2.75) is 5.25 Å². The van der Waals surface area contributed by atoms with E-state index < -0.39 is 31.0 Å². The lowest BCUT2D eigenvalue weighted by atomic mass is 10.2. The number of rotatable bonds is 5. The molecule has 2 N–H and O–H groups in total. The van der Waals surface area contributed by atoms with Crippen LogP contribution in [-0.4, -0.2) is 41.0 Å². The largest absolute Gasteiger partial charge is 0.228 e. The van der Waals surface area contributed by atoms with Crippen LogP contribution in [0.3, 0.4) is 0 Å². The average Bonchev–Trinajstić information content (AvgIpc) is 2.25. The lowest BCUT2D eigenvalue weighted by molar-refractivity contribution is 0.517. The summed E-state index contributed by atoms with van der Waals surface area (Å²) in [5, 5.41) is 3.85. The molecule has 0 aromatic heterocycles. The van der Waals surface area contributed by atoms with Gasteiger partial charge in [0.2, 0.25) is 20.0 Å². The van der Waals surface area contributed by atoms with E-state index in [1.54, 1.807) is 30.3 Å². The molecule has 0 bridgehead atoms. The minimum atomic E-state index is -3.99. The summed E-state index contributed by atoms with van der Waals surface area (Å²) in [6, 6.07) is 8.07. The number of benzene rings is 1. The summed E-state index contributed by atoms with van der Waals surface area (Å²) in [5.41, 5.74) is 0.366. The van der Waals surface area contributed by atoms with E-state index in [2.05, 4.69) is 0 Å². The van der Waals surface area contributed by atoms with Gasteiger partial charge in [-0.25, -0.2) is 26.3 Å².